The van der Waals surface area contributed by atoms with E-state index >= 15 is 0 Å². The average molecular weight is 324 g/mol. The molecule has 0 spiro atoms. The molecule has 0 bridgehead atoms. The number of aliphatic hydroxyl groups is 3. The summed E-state index contributed by atoms with van der Waals surface area (Å²) < 4.78 is 16.3. The van der Waals surface area contributed by atoms with Gasteiger partial charge in [0.1, 0.15) is 23.7 Å². The molecule has 7 nitrogen and oxygen atoms in total. The molecular weight excluding hydrogens is 304 g/mol. The first-order valence-corrected chi connectivity index (χ1v) is 7.61. The Balaban J connectivity index is 1.73. The molecule has 5 atom stereocenters. The molecule has 1 aromatic carbocycles. The van der Waals surface area contributed by atoms with Crippen LogP contribution >= 0.6 is 0 Å². The van der Waals surface area contributed by atoms with Gasteiger partial charge in [0, 0.05) is 12.5 Å². The molecule has 1 aromatic rings. The third-order valence-corrected chi connectivity index (χ3v) is 4.20. The van der Waals surface area contributed by atoms with Gasteiger partial charge in [0.25, 0.3) is 0 Å². The van der Waals surface area contributed by atoms with Gasteiger partial charge in [0.05, 0.1) is 19.1 Å². The number of hydrogen-bond acceptors (Lipinski definition) is 7. The van der Waals surface area contributed by atoms with Crippen molar-refractivity contribution in [2.24, 2.45) is 0 Å². The van der Waals surface area contributed by atoms with Crippen molar-refractivity contribution >= 4 is 5.97 Å². The maximum atomic E-state index is 11.5. The Bertz CT molecular complexity index is 588. The lowest BCUT2D eigenvalue weighted by Crippen LogP contribution is -2.51. The van der Waals surface area contributed by atoms with Gasteiger partial charge in [0.2, 0.25) is 6.29 Å². The summed E-state index contributed by atoms with van der Waals surface area (Å²) in [5, 5.41) is 28.7. The zero-order chi connectivity index (χ0) is 16.6. The molecule has 0 aliphatic carbocycles. The van der Waals surface area contributed by atoms with Gasteiger partial charge in [-0.05, 0) is 17.5 Å². The first-order chi connectivity index (χ1) is 11.0. The summed E-state index contributed by atoms with van der Waals surface area (Å²) in [7, 11) is 0. The fraction of sp³-hybridized carbons (Fsp3) is 0.562. The van der Waals surface area contributed by atoms with Crippen LogP contribution in [0.3, 0.4) is 0 Å². The molecule has 126 valence electrons. The minimum absolute atomic E-state index is 0.0743. The first kappa shape index (κ1) is 16.2. The highest BCUT2D eigenvalue weighted by Crippen LogP contribution is 2.37. The molecule has 1 saturated heterocycles. The Hall–Kier alpha value is -1.67. The van der Waals surface area contributed by atoms with Gasteiger partial charge < -0.3 is 29.5 Å². The van der Waals surface area contributed by atoms with E-state index in [0.29, 0.717) is 17.9 Å². The van der Waals surface area contributed by atoms with E-state index in [1.54, 1.807) is 12.1 Å². The molecule has 2 aliphatic rings. The summed E-state index contributed by atoms with van der Waals surface area (Å²) in [6.45, 7) is 1.53. The van der Waals surface area contributed by atoms with Gasteiger partial charge in [-0.25, -0.2) is 0 Å². The Morgan fingerprint density at radius 2 is 2.13 bits per heavy atom. The summed E-state index contributed by atoms with van der Waals surface area (Å²) in [4.78, 5) is 11.5. The van der Waals surface area contributed by atoms with Gasteiger partial charge in [-0.15, -0.1) is 0 Å². The van der Waals surface area contributed by atoms with E-state index < -0.39 is 31.2 Å². The van der Waals surface area contributed by atoms with Gasteiger partial charge in [-0.2, -0.15) is 0 Å². The molecule has 2 unspecified atom stereocenters. The Morgan fingerprint density at radius 1 is 1.35 bits per heavy atom. The van der Waals surface area contributed by atoms with Crippen molar-refractivity contribution in [2.45, 2.75) is 50.3 Å². The van der Waals surface area contributed by atoms with Crippen LogP contribution in [0.5, 0.6) is 11.5 Å². The molecule has 1 fully saturated rings. The molecule has 7 heteroatoms. The molecule has 0 saturated carbocycles. The molecule has 0 amide bonds. The molecule has 2 heterocycles. The van der Waals surface area contributed by atoms with Crippen LogP contribution in [0.1, 0.15) is 31.2 Å². The number of esters is 1. The lowest BCUT2D eigenvalue weighted by atomic mass is 9.95. The summed E-state index contributed by atoms with van der Waals surface area (Å²) in [5.74, 6) is 0.689. The highest BCUT2D eigenvalue weighted by Gasteiger charge is 2.37. The fourth-order valence-corrected chi connectivity index (χ4v) is 2.90. The maximum Gasteiger partial charge on any atom is 0.311 e. The van der Waals surface area contributed by atoms with Crippen LogP contribution in [0.2, 0.25) is 0 Å². The number of aliphatic hydroxyl groups excluding tert-OH is 3. The second-order valence-electron chi connectivity index (χ2n) is 5.98. The maximum absolute atomic E-state index is 11.5. The predicted molar refractivity (Wildman–Crippen MR) is 78.1 cm³/mol. The molecule has 0 radical (unpaired) electrons. The molecule has 23 heavy (non-hydrogen) atoms. The van der Waals surface area contributed by atoms with E-state index in [-0.39, 0.29) is 18.3 Å². The minimum Gasteiger partial charge on any atom is -0.465 e. The largest absolute Gasteiger partial charge is 0.465 e. The number of carbonyl (C=O) groups is 1. The quantitative estimate of drug-likeness (QED) is 0.543. The van der Waals surface area contributed by atoms with Crippen molar-refractivity contribution in [1.29, 1.82) is 0 Å². The van der Waals surface area contributed by atoms with Crippen LogP contribution in [0.15, 0.2) is 18.2 Å². The summed E-state index contributed by atoms with van der Waals surface area (Å²) in [5.41, 5.74) is 0.935. The lowest BCUT2D eigenvalue weighted by molar-refractivity contribution is -0.229. The van der Waals surface area contributed by atoms with Crippen LogP contribution in [0.25, 0.3) is 0 Å². The van der Waals surface area contributed by atoms with Crippen molar-refractivity contribution in [3.8, 4) is 11.5 Å². The second-order valence-corrected chi connectivity index (χ2v) is 5.98. The number of rotatable bonds is 3. The monoisotopic (exact) mass is 324 g/mol. The van der Waals surface area contributed by atoms with Gasteiger partial charge in [0.15, 0.2) is 0 Å². The van der Waals surface area contributed by atoms with E-state index in [9.17, 15) is 20.1 Å². The third-order valence-electron chi connectivity index (χ3n) is 4.20. The van der Waals surface area contributed by atoms with E-state index in [2.05, 4.69) is 0 Å². The Morgan fingerprint density at radius 3 is 2.87 bits per heavy atom. The number of benzene rings is 1. The number of fused-ring (bicyclic) bond motifs is 1. The third kappa shape index (κ3) is 3.32. The zero-order valence-electron chi connectivity index (χ0n) is 12.7. The lowest BCUT2D eigenvalue weighted by Gasteiger charge is -2.36. The summed E-state index contributed by atoms with van der Waals surface area (Å²) in [6, 6.07) is 5.18. The van der Waals surface area contributed by atoms with Crippen molar-refractivity contribution < 1.29 is 34.3 Å². The smallest absolute Gasteiger partial charge is 0.311 e. The predicted octanol–water partition coefficient (Wildman–Crippen LogP) is 0.307. The SMILES string of the molecule is CC1CC(=O)Oc2cc(O[C@H]3C[C@@H](O)[C@@H](O)C(CO)O3)ccc21. The number of hydrogen-bond donors (Lipinski definition) is 3. The Kier molecular flexibility index (Phi) is 4.54. The minimum atomic E-state index is -1.15. The highest BCUT2D eigenvalue weighted by atomic mass is 16.7. The van der Waals surface area contributed by atoms with Crippen molar-refractivity contribution in [1.82, 2.24) is 0 Å². The highest BCUT2D eigenvalue weighted by molar-refractivity contribution is 5.76. The van der Waals surface area contributed by atoms with Crippen LogP contribution in [-0.2, 0) is 9.53 Å². The van der Waals surface area contributed by atoms with Crippen molar-refractivity contribution in [3.05, 3.63) is 23.8 Å². The van der Waals surface area contributed by atoms with Gasteiger partial charge >= 0.3 is 5.97 Å². The fourth-order valence-electron chi connectivity index (χ4n) is 2.90. The van der Waals surface area contributed by atoms with Crippen LogP contribution in [0, 0.1) is 0 Å². The topological polar surface area (TPSA) is 105 Å². The second kappa shape index (κ2) is 6.45. The van der Waals surface area contributed by atoms with Gasteiger partial charge in [-0.1, -0.05) is 13.0 Å². The average Bonchev–Trinajstić information content (AvgIpc) is 2.50. The zero-order valence-corrected chi connectivity index (χ0v) is 12.7. The molecule has 2 aliphatic heterocycles. The number of carbonyl (C=O) groups excluding carboxylic acids is 1. The summed E-state index contributed by atoms with van der Waals surface area (Å²) in [6.07, 6.45) is -3.47. The first-order valence-electron chi connectivity index (χ1n) is 7.61. The molecular formula is C16H20O7. The molecule has 0 aromatic heterocycles. The van der Waals surface area contributed by atoms with E-state index in [1.807, 2.05) is 13.0 Å². The molecule has 3 rings (SSSR count). The Labute approximate surface area is 133 Å². The van der Waals surface area contributed by atoms with E-state index in [0.717, 1.165) is 5.56 Å². The number of ether oxygens (including phenoxy) is 3. The standard InChI is InChI=1S/C16H20O7/c1-8-4-14(19)22-12-5-9(2-3-10(8)12)21-15-6-11(18)16(20)13(7-17)23-15/h2-3,5,8,11,13,15-18,20H,4,6-7H2,1H3/t8?,11-,13?,15-,16-/m1/s1. The van der Waals surface area contributed by atoms with E-state index in [1.165, 1.54) is 0 Å². The summed E-state index contributed by atoms with van der Waals surface area (Å²) >= 11 is 0. The van der Waals surface area contributed by atoms with Gasteiger partial charge in [-0.3, -0.25) is 4.79 Å². The van der Waals surface area contributed by atoms with E-state index in [4.69, 9.17) is 14.2 Å². The van der Waals surface area contributed by atoms with Crippen molar-refractivity contribution in [2.75, 3.05) is 6.61 Å². The molecule has 3 N–H and O–H groups in total. The van der Waals surface area contributed by atoms with Crippen LogP contribution in [0.4, 0.5) is 0 Å². The van der Waals surface area contributed by atoms with Crippen LogP contribution in [-0.4, -0.2) is 52.5 Å². The normalized spacial score (nSPS) is 33.7. The van der Waals surface area contributed by atoms with Crippen molar-refractivity contribution in [3.63, 3.8) is 0 Å². The van der Waals surface area contributed by atoms with Crippen LogP contribution < -0.4 is 9.47 Å².